The molecular formula is C48H56Cl2FN7O5. The van der Waals surface area contributed by atoms with Gasteiger partial charge >= 0.3 is 5.69 Å². The van der Waals surface area contributed by atoms with E-state index in [4.69, 9.17) is 23.2 Å². The van der Waals surface area contributed by atoms with Crippen molar-refractivity contribution in [2.45, 2.75) is 125 Å². The summed E-state index contributed by atoms with van der Waals surface area (Å²) in [4.78, 5) is 68.3. The first-order valence-corrected chi connectivity index (χ1v) is 23.5. The van der Waals surface area contributed by atoms with Crippen molar-refractivity contribution in [3.05, 3.63) is 97.6 Å². The maximum Gasteiger partial charge on any atom is 0.329 e. The Hall–Kier alpha value is -4.72. The number of fused-ring (bicyclic) bond motifs is 1. The van der Waals surface area contributed by atoms with Crippen LogP contribution in [0.15, 0.2) is 59.4 Å². The number of carbonyl (C=O) groups excluding carboxylic acids is 4. The quantitative estimate of drug-likeness (QED) is 0.135. The van der Waals surface area contributed by atoms with Gasteiger partial charge in [0.25, 0.3) is 0 Å². The molecule has 0 bridgehead atoms. The van der Waals surface area contributed by atoms with Crippen LogP contribution in [0.5, 0.6) is 0 Å². The van der Waals surface area contributed by atoms with Crippen LogP contribution in [-0.4, -0.2) is 75.4 Å². The van der Waals surface area contributed by atoms with E-state index in [-0.39, 0.29) is 65.1 Å². The lowest BCUT2D eigenvalue weighted by atomic mass is 9.66. The second kappa shape index (κ2) is 17.7. The SMILES string of the molecule is CNc1cc(Cl)ccc1[C@@H]1C(c2cccc(Cl)c2F)[C@H](C(=O)NC2CCC(C(=O)N3CCC(c4ccc5c(c4)n(C)c(=O)n5C4CCC(=O)NC4=O)CC3)CC2)NC12CCCCC2. The summed E-state index contributed by atoms with van der Waals surface area (Å²) >= 11 is 12.9. The Bertz CT molecular complexity index is 2500. The Morgan fingerprint density at radius 1 is 0.857 bits per heavy atom. The summed E-state index contributed by atoms with van der Waals surface area (Å²) in [7, 11) is 3.56. The van der Waals surface area contributed by atoms with Crippen LogP contribution in [0.1, 0.15) is 124 Å². The number of nitrogens with zero attached hydrogens (tertiary/aromatic N) is 3. The van der Waals surface area contributed by atoms with Crippen LogP contribution in [0.2, 0.25) is 10.0 Å². The van der Waals surface area contributed by atoms with Gasteiger partial charge in [0.15, 0.2) is 0 Å². The maximum absolute atomic E-state index is 16.2. The van der Waals surface area contributed by atoms with Gasteiger partial charge in [0.05, 0.1) is 22.1 Å². The molecule has 9 rings (SSSR count). The number of amides is 4. The van der Waals surface area contributed by atoms with E-state index in [0.29, 0.717) is 54.9 Å². The average molecular weight is 901 g/mol. The van der Waals surface area contributed by atoms with E-state index in [1.54, 1.807) is 29.8 Å². The fraction of sp³-hybridized carbons (Fsp3) is 0.521. The molecule has 15 heteroatoms. The molecule has 3 aromatic carbocycles. The number of nitrogens with one attached hydrogen (secondary N) is 4. The van der Waals surface area contributed by atoms with Gasteiger partial charge in [-0.1, -0.05) is 66.7 Å². The second-order valence-electron chi connectivity index (χ2n) is 18.6. The van der Waals surface area contributed by atoms with E-state index >= 15 is 4.39 Å². The zero-order chi connectivity index (χ0) is 44.2. The normalized spacial score (nSPS) is 26.5. The van der Waals surface area contributed by atoms with Gasteiger partial charge in [-0.2, -0.15) is 0 Å². The predicted octanol–water partition coefficient (Wildman–Crippen LogP) is 7.43. The third kappa shape index (κ3) is 8.07. The van der Waals surface area contributed by atoms with Crippen molar-refractivity contribution >= 4 is 63.6 Å². The van der Waals surface area contributed by atoms with Gasteiger partial charge in [0.2, 0.25) is 23.6 Å². The molecule has 1 aromatic heterocycles. The zero-order valence-electron chi connectivity index (χ0n) is 35.9. The highest BCUT2D eigenvalue weighted by molar-refractivity contribution is 6.31. The summed E-state index contributed by atoms with van der Waals surface area (Å²) in [5, 5.41) is 13.5. The number of aryl methyl sites for hydroxylation is 1. The predicted molar refractivity (Wildman–Crippen MR) is 242 cm³/mol. The van der Waals surface area contributed by atoms with Crippen LogP contribution < -0.4 is 27.0 Å². The highest BCUT2D eigenvalue weighted by atomic mass is 35.5. The van der Waals surface area contributed by atoms with Crippen LogP contribution in [-0.2, 0) is 26.2 Å². The van der Waals surface area contributed by atoms with Gasteiger partial charge in [-0.25, -0.2) is 9.18 Å². The highest BCUT2D eigenvalue weighted by Gasteiger charge is 2.57. The Balaban J connectivity index is 0.854. The second-order valence-corrected chi connectivity index (χ2v) is 19.4. The number of halogens is 3. The third-order valence-electron chi connectivity index (χ3n) is 15.1. The highest BCUT2D eigenvalue weighted by Crippen LogP contribution is 2.56. The number of rotatable bonds is 8. The first kappa shape index (κ1) is 43.5. The van der Waals surface area contributed by atoms with Crippen LogP contribution in [0.25, 0.3) is 11.0 Å². The molecule has 12 nitrogen and oxygen atoms in total. The van der Waals surface area contributed by atoms with Gasteiger partial charge in [-0.15, -0.1) is 0 Å². The summed E-state index contributed by atoms with van der Waals surface area (Å²) in [6.45, 7) is 1.27. The van der Waals surface area contributed by atoms with E-state index in [9.17, 15) is 24.0 Å². The Labute approximate surface area is 376 Å². The van der Waals surface area contributed by atoms with Crippen molar-refractivity contribution in [3.63, 3.8) is 0 Å². The Morgan fingerprint density at radius 2 is 1.60 bits per heavy atom. The summed E-state index contributed by atoms with van der Waals surface area (Å²) in [6, 6.07) is 15.2. The van der Waals surface area contributed by atoms with Gasteiger partial charge in [0, 0.05) is 73.7 Å². The lowest BCUT2D eigenvalue weighted by molar-refractivity contribution is -0.138. The number of piperidine rings is 2. The minimum atomic E-state index is -0.734. The van der Waals surface area contributed by atoms with Crippen LogP contribution >= 0.6 is 23.2 Å². The largest absolute Gasteiger partial charge is 0.388 e. The van der Waals surface area contributed by atoms with Gasteiger partial charge < -0.3 is 15.5 Å². The number of imide groups is 1. The molecule has 2 aliphatic carbocycles. The number of anilines is 1. The standard InChI is InChI=1S/C48H56Cl2FN7O5/c1-52-35-26-30(49)12-15-32(35)41-40(33-7-6-8-34(50)42(33)51)43(55-48(41)21-4-3-5-22-48)45(61)53-31-13-9-28(10-14-31)46(62)57-23-19-27(20-24-57)29-11-16-36-38(25-29)56(2)47(63)58(36)37-17-18-39(59)54-44(37)60/h6-8,11-12,15-16,25-28,31,37,40-41,43,52,55H,3-5,9-10,13-14,17-24H2,1-2H3,(H,53,61)(H,54,59,60)/t28?,31?,37?,40?,41-,43-/m1/s1. The van der Waals surface area contributed by atoms with Crippen molar-refractivity contribution in [1.29, 1.82) is 0 Å². The number of hydrogen-bond acceptors (Lipinski definition) is 7. The Morgan fingerprint density at radius 3 is 2.32 bits per heavy atom. The lowest BCUT2D eigenvalue weighted by Gasteiger charge is -2.41. The fourth-order valence-electron chi connectivity index (χ4n) is 11.9. The minimum Gasteiger partial charge on any atom is -0.388 e. The van der Waals surface area contributed by atoms with Crippen molar-refractivity contribution < 1.29 is 23.6 Å². The van der Waals surface area contributed by atoms with E-state index in [1.807, 2.05) is 48.3 Å². The average Bonchev–Trinajstić information content (AvgIpc) is 3.74. The summed E-state index contributed by atoms with van der Waals surface area (Å²) < 4.78 is 19.2. The fourth-order valence-corrected chi connectivity index (χ4v) is 12.2. The number of aromatic nitrogens is 2. The molecule has 4 amide bonds. The van der Waals surface area contributed by atoms with Crippen molar-refractivity contribution in [2.75, 3.05) is 25.5 Å². The molecule has 2 saturated carbocycles. The number of benzene rings is 3. The van der Waals surface area contributed by atoms with Crippen molar-refractivity contribution in [3.8, 4) is 0 Å². The van der Waals surface area contributed by atoms with Crippen LogP contribution in [0, 0.1) is 11.7 Å². The van der Waals surface area contributed by atoms with Crippen LogP contribution in [0.4, 0.5) is 10.1 Å². The number of hydrogen-bond donors (Lipinski definition) is 4. The van der Waals surface area contributed by atoms with Crippen LogP contribution in [0.3, 0.4) is 0 Å². The molecule has 4 atom stereocenters. The van der Waals surface area contributed by atoms with Crippen molar-refractivity contribution in [2.24, 2.45) is 13.0 Å². The number of imidazole rings is 1. The zero-order valence-corrected chi connectivity index (χ0v) is 37.4. The molecule has 1 spiro atoms. The molecule has 4 N–H and O–H groups in total. The topological polar surface area (TPSA) is 147 Å². The molecule has 3 saturated heterocycles. The molecule has 63 heavy (non-hydrogen) atoms. The molecule has 5 aliphatic rings. The summed E-state index contributed by atoms with van der Waals surface area (Å²) in [6.07, 6.45) is 9.57. The van der Waals surface area contributed by atoms with Gasteiger partial charge in [0.1, 0.15) is 11.9 Å². The van der Waals surface area contributed by atoms with E-state index < -0.39 is 35.3 Å². The molecule has 334 valence electrons. The lowest BCUT2D eigenvalue weighted by Crippen LogP contribution is -2.53. The first-order chi connectivity index (χ1) is 30.4. The molecule has 0 radical (unpaired) electrons. The number of likely N-dealkylation sites (tertiary alicyclic amines) is 1. The smallest absolute Gasteiger partial charge is 0.329 e. The molecule has 4 aromatic rings. The molecule has 5 fully saturated rings. The van der Waals surface area contributed by atoms with Crippen molar-refractivity contribution in [1.82, 2.24) is 30.0 Å². The third-order valence-corrected chi connectivity index (χ3v) is 15.6. The monoisotopic (exact) mass is 899 g/mol. The molecule has 2 unspecified atom stereocenters. The van der Waals surface area contributed by atoms with E-state index in [0.717, 1.165) is 67.3 Å². The van der Waals surface area contributed by atoms with Gasteiger partial charge in [-0.3, -0.25) is 38.9 Å². The van der Waals surface area contributed by atoms with E-state index in [1.165, 1.54) is 4.57 Å². The van der Waals surface area contributed by atoms with Gasteiger partial charge in [-0.05, 0) is 111 Å². The molecular weight excluding hydrogens is 844 g/mol. The number of carbonyl (C=O) groups is 4. The summed E-state index contributed by atoms with van der Waals surface area (Å²) in [5.41, 5.74) is 4.03. The molecule has 3 aliphatic heterocycles. The summed E-state index contributed by atoms with van der Waals surface area (Å²) in [5.74, 6) is -1.96. The minimum absolute atomic E-state index is 0.0287. The first-order valence-electron chi connectivity index (χ1n) is 22.7. The Kier molecular flexibility index (Phi) is 12.2. The van der Waals surface area contributed by atoms with E-state index in [2.05, 4.69) is 21.3 Å². The molecule has 4 heterocycles. The maximum atomic E-state index is 16.2.